The summed E-state index contributed by atoms with van der Waals surface area (Å²) in [7, 11) is 2.18. The third kappa shape index (κ3) is 2.63. The topological polar surface area (TPSA) is 38.5 Å². The Balaban J connectivity index is 1.93. The molecule has 1 saturated heterocycles. The minimum atomic E-state index is 0.360. The smallest absolute Gasteiger partial charge is 0.0703 e. The van der Waals surface area contributed by atoms with Gasteiger partial charge in [0.15, 0.2) is 0 Å². The summed E-state index contributed by atoms with van der Waals surface area (Å²) in [5.74, 6) is 0. The van der Waals surface area contributed by atoms with Crippen LogP contribution >= 0.6 is 11.3 Å². The fourth-order valence-electron chi connectivity index (χ4n) is 2.28. The predicted molar refractivity (Wildman–Crippen MR) is 67.5 cm³/mol. The lowest BCUT2D eigenvalue weighted by molar-refractivity contribution is 0.0817. The third-order valence-corrected chi connectivity index (χ3v) is 4.32. The zero-order valence-electron chi connectivity index (χ0n) is 9.98. The molecule has 1 aliphatic heterocycles. The van der Waals surface area contributed by atoms with Crippen LogP contribution in [0.2, 0.25) is 0 Å². The van der Waals surface area contributed by atoms with Gasteiger partial charge in [0, 0.05) is 35.5 Å². The molecule has 0 amide bonds. The largest absolute Gasteiger partial charge is 0.377 e. The zero-order chi connectivity index (χ0) is 11.5. The molecule has 1 aromatic rings. The Hall–Kier alpha value is -0.420. The lowest BCUT2D eigenvalue weighted by atomic mass is 10.1. The second kappa shape index (κ2) is 5.27. The van der Waals surface area contributed by atoms with Crippen molar-refractivity contribution in [2.24, 2.45) is 5.73 Å². The van der Waals surface area contributed by atoms with E-state index in [0.29, 0.717) is 18.7 Å². The van der Waals surface area contributed by atoms with Gasteiger partial charge in [-0.05, 0) is 32.5 Å². The van der Waals surface area contributed by atoms with Crippen molar-refractivity contribution in [3.8, 4) is 0 Å². The van der Waals surface area contributed by atoms with Crippen LogP contribution in [0.3, 0.4) is 0 Å². The summed E-state index contributed by atoms with van der Waals surface area (Å²) in [6.45, 7) is 4.71. The summed E-state index contributed by atoms with van der Waals surface area (Å²) in [4.78, 5) is 5.05. The lowest BCUT2D eigenvalue weighted by Crippen LogP contribution is -2.35. The molecule has 2 atom stereocenters. The van der Waals surface area contributed by atoms with Crippen molar-refractivity contribution in [3.05, 3.63) is 21.9 Å². The van der Waals surface area contributed by atoms with Gasteiger partial charge in [0.2, 0.25) is 0 Å². The first kappa shape index (κ1) is 12.0. The van der Waals surface area contributed by atoms with Gasteiger partial charge in [0.25, 0.3) is 0 Å². The van der Waals surface area contributed by atoms with Gasteiger partial charge in [0.1, 0.15) is 0 Å². The molecule has 2 N–H and O–H groups in total. The number of rotatable bonds is 4. The maximum absolute atomic E-state index is 5.61. The van der Waals surface area contributed by atoms with E-state index >= 15 is 0 Å². The summed E-state index contributed by atoms with van der Waals surface area (Å²) >= 11 is 1.81. The molecular formula is C12H20N2OS. The maximum atomic E-state index is 5.61. The molecule has 2 unspecified atom stereocenters. The molecule has 0 radical (unpaired) electrons. The van der Waals surface area contributed by atoms with Gasteiger partial charge < -0.3 is 10.5 Å². The average Bonchev–Trinajstić information content (AvgIpc) is 2.86. The highest BCUT2D eigenvalue weighted by molar-refractivity contribution is 7.11. The molecule has 1 aliphatic rings. The Kier molecular flexibility index (Phi) is 3.97. The molecule has 4 heteroatoms. The van der Waals surface area contributed by atoms with Crippen LogP contribution in [0, 0.1) is 0 Å². The van der Waals surface area contributed by atoms with Crippen molar-refractivity contribution >= 4 is 11.3 Å². The van der Waals surface area contributed by atoms with E-state index < -0.39 is 0 Å². The van der Waals surface area contributed by atoms with Gasteiger partial charge in [-0.2, -0.15) is 0 Å². The number of likely N-dealkylation sites (N-methyl/N-ethyl adjacent to an activating group) is 1. The molecule has 0 aliphatic carbocycles. The summed E-state index contributed by atoms with van der Waals surface area (Å²) in [6, 6.07) is 4.87. The van der Waals surface area contributed by atoms with Gasteiger partial charge in [-0.3, -0.25) is 4.90 Å². The summed E-state index contributed by atoms with van der Waals surface area (Å²) < 4.78 is 5.59. The first-order valence-corrected chi connectivity index (χ1v) is 6.62. The van der Waals surface area contributed by atoms with E-state index in [0.717, 1.165) is 19.6 Å². The standard InChI is InChI=1S/C12H20N2OS/c1-9-12(5-6-15-9)14(2)8-11-4-3-10(7-13)16-11/h3-4,9,12H,5-8,13H2,1-2H3. The number of nitrogens with zero attached hydrogens (tertiary/aromatic N) is 1. The van der Waals surface area contributed by atoms with E-state index in [2.05, 4.69) is 31.0 Å². The first-order chi connectivity index (χ1) is 7.70. The van der Waals surface area contributed by atoms with Gasteiger partial charge in [-0.1, -0.05) is 0 Å². The molecule has 3 nitrogen and oxygen atoms in total. The molecule has 1 fully saturated rings. The Labute approximate surface area is 101 Å². The van der Waals surface area contributed by atoms with Crippen LogP contribution in [0.1, 0.15) is 23.1 Å². The van der Waals surface area contributed by atoms with Crippen LogP contribution in [-0.4, -0.2) is 30.7 Å². The highest BCUT2D eigenvalue weighted by Crippen LogP contribution is 2.23. The molecule has 2 heterocycles. The summed E-state index contributed by atoms with van der Waals surface area (Å²) in [6.07, 6.45) is 1.51. The predicted octanol–water partition coefficient (Wildman–Crippen LogP) is 1.82. The second-order valence-corrected chi connectivity index (χ2v) is 5.67. The van der Waals surface area contributed by atoms with Gasteiger partial charge in [-0.15, -0.1) is 11.3 Å². The van der Waals surface area contributed by atoms with E-state index in [1.165, 1.54) is 9.75 Å². The average molecular weight is 240 g/mol. The molecule has 90 valence electrons. The van der Waals surface area contributed by atoms with Crippen molar-refractivity contribution in [2.45, 2.75) is 38.6 Å². The van der Waals surface area contributed by atoms with Crippen LogP contribution in [0.5, 0.6) is 0 Å². The number of ether oxygens (including phenoxy) is 1. The van der Waals surface area contributed by atoms with E-state index in [4.69, 9.17) is 10.5 Å². The third-order valence-electron chi connectivity index (χ3n) is 3.23. The SMILES string of the molecule is CC1OCCC1N(C)Cc1ccc(CN)s1. The minimum absolute atomic E-state index is 0.360. The van der Waals surface area contributed by atoms with E-state index in [1.54, 1.807) is 0 Å². The van der Waals surface area contributed by atoms with E-state index in [1.807, 2.05) is 11.3 Å². The molecule has 0 saturated carbocycles. The molecule has 0 bridgehead atoms. The van der Waals surface area contributed by atoms with Crippen LogP contribution in [0.15, 0.2) is 12.1 Å². The fraction of sp³-hybridized carbons (Fsp3) is 0.667. The van der Waals surface area contributed by atoms with Gasteiger partial charge in [-0.25, -0.2) is 0 Å². The Morgan fingerprint density at radius 2 is 2.25 bits per heavy atom. The second-order valence-electron chi connectivity index (χ2n) is 4.42. The van der Waals surface area contributed by atoms with Crippen molar-refractivity contribution in [1.29, 1.82) is 0 Å². The normalized spacial score (nSPS) is 25.5. The van der Waals surface area contributed by atoms with Crippen LogP contribution < -0.4 is 5.73 Å². The zero-order valence-corrected chi connectivity index (χ0v) is 10.8. The minimum Gasteiger partial charge on any atom is -0.377 e. The lowest BCUT2D eigenvalue weighted by Gasteiger charge is -2.25. The number of thiophene rings is 1. The number of hydrogen-bond donors (Lipinski definition) is 1. The quantitative estimate of drug-likeness (QED) is 0.872. The molecule has 0 spiro atoms. The van der Waals surface area contributed by atoms with Gasteiger partial charge in [0.05, 0.1) is 6.10 Å². The monoisotopic (exact) mass is 240 g/mol. The van der Waals surface area contributed by atoms with Crippen LogP contribution in [-0.2, 0) is 17.8 Å². The fourth-order valence-corrected chi connectivity index (χ4v) is 3.24. The molecule has 1 aromatic heterocycles. The molecular weight excluding hydrogens is 220 g/mol. The Morgan fingerprint density at radius 1 is 1.50 bits per heavy atom. The highest BCUT2D eigenvalue weighted by Gasteiger charge is 2.27. The van der Waals surface area contributed by atoms with Crippen molar-refractivity contribution in [1.82, 2.24) is 4.90 Å². The summed E-state index contributed by atoms with van der Waals surface area (Å²) in [5.41, 5.74) is 5.61. The van der Waals surface area contributed by atoms with Gasteiger partial charge >= 0.3 is 0 Å². The maximum Gasteiger partial charge on any atom is 0.0703 e. The first-order valence-electron chi connectivity index (χ1n) is 5.80. The number of nitrogens with two attached hydrogens (primary N) is 1. The van der Waals surface area contributed by atoms with E-state index in [9.17, 15) is 0 Å². The Bertz CT molecular complexity index is 340. The molecule has 0 aromatic carbocycles. The van der Waals surface area contributed by atoms with Crippen molar-refractivity contribution < 1.29 is 4.74 Å². The Morgan fingerprint density at radius 3 is 2.81 bits per heavy atom. The molecule has 2 rings (SSSR count). The summed E-state index contributed by atoms with van der Waals surface area (Å²) in [5, 5.41) is 0. The van der Waals surface area contributed by atoms with Crippen LogP contribution in [0.4, 0.5) is 0 Å². The highest BCUT2D eigenvalue weighted by atomic mass is 32.1. The van der Waals surface area contributed by atoms with Crippen molar-refractivity contribution in [3.63, 3.8) is 0 Å². The van der Waals surface area contributed by atoms with Crippen LogP contribution in [0.25, 0.3) is 0 Å². The molecule has 16 heavy (non-hydrogen) atoms. The van der Waals surface area contributed by atoms with Crippen molar-refractivity contribution in [2.75, 3.05) is 13.7 Å². The number of hydrogen-bond acceptors (Lipinski definition) is 4. The van der Waals surface area contributed by atoms with E-state index in [-0.39, 0.29) is 0 Å².